The van der Waals surface area contributed by atoms with E-state index in [1.807, 2.05) is 36.4 Å². The van der Waals surface area contributed by atoms with E-state index < -0.39 is 12.0 Å². The Morgan fingerprint density at radius 3 is 2.71 bits per heavy atom. The molecule has 3 rings (SSSR count). The number of ether oxygens (including phenoxy) is 1. The number of esters is 1. The molecule has 1 atom stereocenters. The summed E-state index contributed by atoms with van der Waals surface area (Å²) < 4.78 is 4.64. The molecule has 0 amide bonds. The highest BCUT2D eigenvalue weighted by molar-refractivity contribution is 5.92. The van der Waals surface area contributed by atoms with Crippen molar-refractivity contribution in [1.82, 2.24) is 9.97 Å². The number of nitrogens with zero attached hydrogens (tertiary/aromatic N) is 2. The van der Waals surface area contributed by atoms with E-state index >= 15 is 0 Å². The van der Waals surface area contributed by atoms with Crippen LogP contribution >= 0.6 is 0 Å². The Bertz CT molecular complexity index is 844. The highest BCUT2D eigenvalue weighted by Crippen LogP contribution is 2.23. The smallest absolute Gasteiger partial charge is 0.322 e. The van der Waals surface area contributed by atoms with Crippen LogP contribution in [0.1, 0.15) is 5.56 Å². The number of nitrogens with one attached hydrogen (secondary N) is 1. The molecule has 2 heterocycles. The molecule has 122 valence electrons. The van der Waals surface area contributed by atoms with E-state index in [1.165, 1.54) is 7.11 Å². The average Bonchev–Trinajstić information content (AvgIpc) is 2.63. The number of aromatic nitrogens is 2. The summed E-state index contributed by atoms with van der Waals surface area (Å²) in [4.78, 5) is 19.9. The fraction of sp³-hybridized carbons (Fsp3) is 0.167. The van der Waals surface area contributed by atoms with E-state index in [9.17, 15) is 4.79 Å². The van der Waals surface area contributed by atoms with Crippen LogP contribution in [0.25, 0.3) is 10.8 Å². The van der Waals surface area contributed by atoms with Gasteiger partial charge in [-0.2, -0.15) is 0 Å². The minimum atomic E-state index is -0.653. The minimum Gasteiger partial charge on any atom is -0.468 e. The normalized spacial score (nSPS) is 11.9. The van der Waals surface area contributed by atoms with Gasteiger partial charge in [0.15, 0.2) is 0 Å². The second-order valence-electron chi connectivity index (χ2n) is 5.41. The number of carbonyl (C=O) groups is 1. The first kappa shape index (κ1) is 15.9. The van der Waals surface area contributed by atoms with Gasteiger partial charge in [-0.05, 0) is 41.6 Å². The molecule has 0 aliphatic rings. The van der Waals surface area contributed by atoms with Gasteiger partial charge in [-0.15, -0.1) is 0 Å². The van der Waals surface area contributed by atoms with Crippen LogP contribution in [0.15, 0.2) is 55.0 Å². The van der Waals surface area contributed by atoms with E-state index in [0.29, 0.717) is 6.42 Å². The molecule has 3 aromatic rings. The van der Waals surface area contributed by atoms with E-state index in [0.717, 1.165) is 27.8 Å². The van der Waals surface area contributed by atoms with E-state index in [2.05, 4.69) is 20.0 Å². The van der Waals surface area contributed by atoms with Crippen molar-refractivity contribution in [3.05, 3.63) is 60.6 Å². The summed E-state index contributed by atoms with van der Waals surface area (Å²) in [6.07, 6.45) is 5.73. The maximum atomic E-state index is 11.4. The topological polar surface area (TPSA) is 90.1 Å². The molecule has 0 radical (unpaired) electrons. The summed E-state index contributed by atoms with van der Waals surface area (Å²) in [6.45, 7) is 0. The molecule has 6 nitrogen and oxygen atoms in total. The Morgan fingerprint density at radius 2 is 1.96 bits per heavy atom. The van der Waals surface area contributed by atoms with Crippen molar-refractivity contribution >= 4 is 28.2 Å². The number of benzene rings is 1. The van der Waals surface area contributed by atoms with Crippen LogP contribution in [-0.2, 0) is 16.0 Å². The molecule has 0 aliphatic heterocycles. The SMILES string of the molecule is COC(=O)[C@@H](N)Cc1ccc(Nc2nccc3ccncc23)cc1. The van der Waals surface area contributed by atoms with Crippen LogP contribution in [-0.4, -0.2) is 29.1 Å². The zero-order valence-electron chi connectivity index (χ0n) is 13.3. The lowest BCUT2D eigenvalue weighted by Crippen LogP contribution is -2.33. The van der Waals surface area contributed by atoms with Crippen LogP contribution in [0.3, 0.4) is 0 Å². The van der Waals surface area contributed by atoms with Crippen LogP contribution in [0, 0.1) is 0 Å². The van der Waals surface area contributed by atoms with E-state index in [4.69, 9.17) is 5.73 Å². The lowest BCUT2D eigenvalue weighted by molar-refractivity contribution is -0.142. The first-order chi connectivity index (χ1) is 11.7. The van der Waals surface area contributed by atoms with Gasteiger partial charge < -0.3 is 15.8 Å². The summed E-state index contributed by atoms with van der Waals surface area (Å²) in [6, 6.07) is 10.9. The average molecular weight is 322 g/mol. The molecule has 0 saturated heterocycles. The van der Waals surface area contributed by atoms with Gasteiger partial charge in [0.05, 0.1) is 7.11 Å². The van der Waals surface area contributed by atoms with Gasteiger partial charge in [0.2, 0.25) is 0 Å². The number of nitrogens with two attached hydrogens (primary N) is 1. The first-order valence-electron chi connectivity index (χ1n) is 7.55. The first-order valence-corrected chi connectivity index (χ1v) is 7.55. The summed E-state index contributed by atoms with van der Waals surface area (Å²) in [5.74, 6) is 0.337. The molecule has 0 saturated carbocycles. The zero-order valence-corrected chi connectivity index (χ0v) is 13.3. The summed E-state index contributed by atoms with van der Waals surface area (Å²) in [7, 11) is 1.33. The molecule has 1 aromatic carbocycles. The third-order valence-electron chi connectivity index (χ3n) is 3.74. The van der Waals surface area contributed by atoms with E-state index in [1.54, 1.807) is 18.6 Å². The maximum Gasteiger partial charge on any atom is 0.322 e. The highest BCUT2D eigenvalue weighted by Gasteiger charge is 2.14. The number of carbonyl (C=O) groups excluding carboxylic acids is 1. The predicted molar refractivity (Wildman–Crippen MR) is 93.0 cm³/mol. The summed E-state index contributed by atoms with van der Waals surface area (Å²) in [5.41, 5.74) is 7.64. The van der Waals surface area contributed by atoms with Crippen molar-refractivity contribution in [3.8, 4) is 0 Å². The molecule has 2 aromatic heterocycles. The Labute approximate surface area is 139 Å². The van der Waals surface area contributed by atoms with Gasteiger partial charge in [-0.3, -0.25) is 9.78 Å². The van der Waals surface area contributed by atoms with Gasteiger partial charge >= 0.3 is 5.97 Å². The Balaban J connectivity index is 1.75. The number of pyridine rings is 2. The second-order valence-corrected chi connectivity index (χ2v) is 5.41. The zero-order chi connectivity index (χ0) is 16.9. The highest BCUT2D eigenvalue weighted by atomic mass is 16.5. The van der Waals surface area contributed by atoms with Crippen LogP contribution in [0.4, 0.5) is 11.5 Å². The van der Waals surface area contributed by atoms with Crippen LogP contribution in [0.5, 0.6) is 0 Å². The number of fused-ring (bicyclic) bond motifs is 1. The molecule has 3 N–H and O–H groups in total. The fourth-order valence-electron chi connectivity index (χ4n) is 2.46. The number of rotatable bonds is 5. The third-order valence-corrected chi connectivity index (χ3v) is 3.74. The fourth-order valence-corrected chi connectivity index (χ4v) is 2.46. The van der Waals surface area contributed by atoms with Crippen LogP contribution < -0.4 is 11.1 Å². The third kappa shape index (κ3) is 3.49. The Hall–Kier alpha value is -2.99. The molecule has 0 bridgehead atoms. The van der Waals surface area contributed by atoms with Gasteiger partial charge in [-0.25, -0.2) is 4.98 Å². The number of hydrogen-bond acceptors (Lipinski definition) is 6. The van der Waals surface area contributed by atoms with Gasteiger partial charge in [0.1, 0.15) is 11.9 Å². The van der Waals surface area contributed by atoms with Gasteiger partial charge in [-0.1, -0.05) is 12.1 Å². The lowest BCUT2D eigenvalue weighted by Gasteiger charge is -2.11. The van der Waals surface area contributed by atoms with Crippen molar-refractivity contribution in [3.63, 3.8) is 0 Å². The minimum absolute atomic E-state index is 0.412. The number of methoxy groups -OCH3 is 1. The molecular weight excluding hydrogens is 304 g/mol. The van der Waals surface area contributed by atoms with Crippen molar-refractivity contribution in [2.24, 2.45) is 5.73 Å². The maximum absolute atomic E-state index is 11.4. The van der Waals surface area contributed by atoms with Gasteiger partial charge in [0, 0.05) is 29.7 Å². The van der Waals surface area contributed by atoms with E-state index in [-0.39, 0.29) is 0 Å². The Kier molecular flexibility index (Phi) is 4.67. The summed E-state index contributed by atoms with van der Waals surface area (Å²) in [5, 5.41) is 5.32. The monoisotopic (exact) mass is 322 g/mol. The van der Waals surface area contributed by atoms with Crippen molar-refractivity contribution in [1.29, 1.82) is 0 Å². The van der Waals surface area contributed by atoms with Crippen molar-refractivity contribution in [2.45, 2.75) is 12.5 Å². The van der Waals surface area contributed by atoms with Gasteiger partial charge in [0.25, 0.3) is 0 Å². The number of anilines is 2. The Morgan fingerprint density at radius 1 is 1.21 bits per heavy atom. The standard InChI is InChI=1S/C18H18N4O2/c1-24-18(23)16(19)10-12-2-4-14(5-3-12)22-17-15-11-20-8-6-13(15)7-9-21-17/h2-9,11,16H,10,19H2,1H3,(H,21,22)/t16-/m0/s1. The molecule has 0 fully saturated rings. The quantitative estimate of drug-likeness (QED) is 0.701. The van der Waals surface area contributed by atoms with Crippen molar-refractivity contribution < 1.29 is 9.53 Å². The second kappa shape index (κ2) is 7.06. The predicted octanol–water partition coefficient (Wildman–Crippen LogP) is 2.42. The number of hydrogen-bond donors (Lipinski definition) is 2. The van der Waals surface area contributed by atoms with Crippen molar-refractivity contribution in [2.75, 3.05) is 12.4 Å². The molecule has 6 heteroatoms. The molecule has 0 unspecified atom stereocenters. The molecule has 0 spiro atoms. The van der Waals surface area contributed by atoms with Crippen LogP contribution in [0.2, 0.25) is 0 Å². The molecular formula is C18H18N4O2. The largest absolute Gasteiger partial charge is 0.468 e. The molecule has 24 heavy (non-hydrogen) atoms. The molecule has 0 aliphatic carbocycles. The summed E-state index contributed by atoms with van der Waals surface area (Å²) >= 11 is 0. The lowest BCUT2D eigenvalue weighted by atomic mass is 10.1.